The number of aryl methyl sites for hydroxylation is 1. The van der Waals surface area contributed by atoms with Gasteiger partial charge in [0.05, 0.1) is 5.69 Å². The number of allylic oxidation sites excluding steroid dienone is 2. The minimum absolute atomic E-state index is 0.0428. The predicted molar refractivity (Wildman–Crippen MR) is 103 cm³/mol. The van der Waals surface area contributed by atoms with Crippen LogP contribution in [0.4, 0.5) is 10.1 Å². The predicted octanol–water partition coefficient (Wildman–Crippen LogP) is 5.32. The molecule has 138 valence electrons. The van der Waals surface area contributed by atoms with Crippen molar-refractivity contribution >= 4 is 29.0 Å². The van der Waals surface area contributed by atoms with Gasteiger partial charge in [-0.25, -0.2) is 4.39 Å². The highest BCUT2D eigenvalue weighted by atomic mass is 35.5. The minimum Gasteiger partial charge on any atom is -0.294 e. The maximum absolute atomic E-state index is 13.8. The largest absolute Gasteiger partial charge is 0.294 e. The number of halogens is 2. The van der Waals surface area contributed by atoms with Crippen molar-refractivity contribution in [2.24, 2.45) is 0 Å². The number of carbonyl (C=O) groups is 2. The molecule has 0 saturated carbocycles. The molecular weight excluding hydrogens is 365 g/mol. The third kappa shape index (κ3) is 3.19. The van der Waals surface area contributed by atoms with Crippen molar-refractivity contribution in [2.75, 3.05) is 4.90 Å². The Morgan fingerprint density at radius 3 is 2.67 bits per heavy atom. The van der Waals surface area contributed by atoms with Crippen LogP contribution in [-0.2, 0) is 9.59 Å². The summed E-state index contributed by atoms with van der Waals surface area (Å²) in [4.78, 5) is 27.5. The van der Waals surface area contributed by atoms with Crippen molar-refractivity contribution in [2.45, 2.75) is 38.5 Å². The van der Waals surface area contributed by atoms with Gasteiger partial charge in [-0.05, 0) is 55.2 Å². The van der Waals surface area contributed by atoms with Crippen LogP contribution in [0.3, 0.4) is 0 Å². The third-order valence-electron chi connectivity index (χ3n) is 5.34. The van der Waals surface area contributed by atoms with E-state index in [1.165, 1.54) is 12.1 Å². The van der Waals surface area contributed by atoms with E-state index in [0.29, 0.717) is 41.1 Å². The van der Waals surface area contributed by atoms with Crippen molar-refractivity contribution < 1.29 is 14.0 Å². The molecule has 1 atom stereocenters. The van der Waals surface area contributed by atoms with Gasteiger partial charge in [0.25, 0.3) is 0 Å². The lowest BCUT2D eigenvalue weighted by molar-refractivity contribution is -0.119. The van der Waals surface area contributed by atoms with Crippen molar-refractivity contribution in [3.63, 3.8) is 0 Å². The van der Waals surface area contributed by atoms with Crippen molar-refractivity contribution in [3.05, 3.63) is 75.7 Å². The van der Waals surface area contributed by atoms with Crippen LogP contribution in [0, 0.1) is 12.7 Å². The smallest absolute Gasteiger partial charge is 0.232 e. The Kier molecular flexibility index (Phi) is 4.60. The summed E-state index contributed by atoms with van der Waals surface area (Å²) in [6.45, 7) is 1.90. The van der Waals surface area contributed by atoms with Gasteiger partial charge in [-0.15, -0.1) is 0 Å². The number of hydrogen-bond donors (Lipinski definition) is 0. The number of ketones is 1. The Morgan fingerprint density at radius 1 is 1.11 bits per heavy atom. The minimum atomic E-state index is -0.395. The fourth-order valence-electron chi connectivity index (χ4n) is 4.02. The highest BCUT2D eigenvalue weighted by Crippen LogP contribution is 2.43. The van der Waals surface area contributed by atoms with Crippen LogP contribution in [-0.4, -0.2) is 11.7 Å². The van der Waals surface area contributed by atoms with Gasteiger partial charge in [-0.1, -0.05) is 29.8 Å². The Morgan fingerprint density at radius 2 is 1.93 bits per heavy atom. The van der Waals surface area contributed by atoms with Crippen LogP contribution in [0.1, 0.15) is 42.7 Å². The van der Waals surface area contributed by atoms with Gasteiger partial charge in [0.15, 0.2) is 5.78 Å². The summed E-state index contributed by atoms with van der Waals surface area (Å²) in [7, 11) is 0. The molecule has 0 fully saturated rings. The molecule has 2 aromatic carbocycles. The Bertz CT molecular complexity index is 982. The number of rotatable bonds is 2. The maximum atomic E-state index is 13.8. The molecule has 1 aliphatic heterocycles. The maximum Gasteiger partial charge on any atom is 0.232 e. The van der Waals surface area contributed by atoms with Gasteiger partial charge in [-0.2, -0.15) is 0 Å². The first-order chi connectivity index (χ1) is 13.0. The zero-order valence-electron chi connectivity index (χ0n) is 15.0. The molecule has 1 amide bonds. The summed E-state index contributed by atoms with van der Waals surface area (Å²) >= 11 is 6.26. The van der Waals surface area contributed by atoms with E-state index in [1.807, 2.05) is 19.1 Å². The van der Waals surface area contributed by atoms with E-state index in [2.05, 4.69) is 0 Å². The van der Waals surface area contributed by atoms with Gasteiger partial charge >= 0.3 is 0 Å². The number of hydrogen-bond acceptors (Lipinski definition) is 2. The Labute approximate surface area is 162 Å². The second-order valence-electron chi connectivity index (χ2n) is 7.11. The summed E-state index contributed by atoms with van der Waals surface area (Å²) in [5, 5.41) is 0.580. The second-order valence-corrected chi connectivity index (χ2v) is 7.52. The second kappa shape index (κ2) is 6.93. The highest BCUT2D eigenvalue weighted by Gasteiger charge is 2.39. The van der Waals surface area contributed by atoms with Crippen LogP contribution in [0.2, 0.25) is 5.02 Å². The first kappa shape index (κ1) is 17.9. The molecule has 3 nitrogen and oxygen atoms in total. The van der Waals surface area contributed by atoms with E-state index in [0.717, 1.165) is 11.3 Å². The quantitative estimate of drug-likeness (QED) is 0.704. The topological polar surface area (TPSA) is 37.4 Å². The SMILES string of the molecule is Cc1ccc(N2C(=O)CC(c3cccc(F)c3)C3=C2CCCC3=O)cc1Cl. The molecule has 0 saturated heterocycles. The van der Waals surface area contributed by atoms with Crippen molar-refractivity contribution in [1.29, 1.82) is 0 Å². The number of benzene rings is 2. The summed E-state index contributed by atoms with van der Waals surface area (Å²) in [5.41, 5.74) is 3.65. The molecule has 0 N–H and O–H groups in total. The van der Waals surface area contributed by atoms with E-state index >= 15 is 0 Å². The molecule has 1 unspecified atom stereocenters. The average Bonchev–Trinajstić information content (AvgIpc) is 2.64. The Balaban J connectivity index is 1.87. The molecular formula is C22H19ClFNO2. The zero-order valence-corrected chi connectivity index (χ0v) is 15.7. The molecule has 2 aliphatic rings. The summed E-state index contributed by atoms with van der Waals surface area (Å²) in [6, 6.07) is 11.7. The van der Waals surface area contributed by atoms with E-state index in [4.69, 9.17) is 11.6 Å². The summed E-state index contributed by atoms with van der Waals surface area (Å²) in [5.74, 6) is -0.815. The first-order valence-electron chi connectivity index (χ1n) is 9.06. The molecule has 1 heterocycles. The third-order valence-corrected chi connectivity index (χ3v) is 5.75. The van der Waals surface area contributed by atoms with E-state index in [9.17, 15) is 14.0 Å². The molecule has 4 rings (SSSR count). The van der Waals surface area contributed by atoms with Gasteiger partial charge < -0.3 is 0 Å². The monoisotopic (exact) mass is 383 g/mol. The fourth-order valence-corrected chi connectivity index (χ4v) is 4.20. The van der Waals surface area contributed by atoms with Gasteiger partial charge in [0.1, 0.15) is 5.82 Å². The van der Waals surface area contributed by atoms with Crippen LogP contribution in [0.15, 0.2) is 53.7 Å². The van der Waals surface area contributed by atoms with Gasteiger partial charge in [0, 0.05) is 35.1 Å². The molecule has 0 radical (unpaired) electrons. The molecule has 0 aromatic heterocycles. The van der Waals surface area contributed by atoms with Crippen LogP contribution in [0.25, 0.3) is 0 Å². The van der Waals surface area contributed by atoms with Crippen molar-refractivity contribution in [1.82, 2.24) is 0 Å². The van der Waals surface area contributed by atoms with E-state index < -0.39 is 5.92 Å². The van der Waals surface area contributed by atoms with E-state index in [1.54, 1.807) is 23.1 Å². The number of carbonyl (C=O) groups excluding carboxylic acids is 2. The molecule has 2 aromatic rings. The Hall–Kier alpha value is -2.46. The first-order valence-corrected chi connectivity index (χ1v) is 9.44. The number of nitrogens with zero attached hydrogens (tertiary/aromatic N) is 1. The molecule has 5 heteroatoms. The molecule has 0 spiro atoms. The molecule has 27 heavy (non-hydrogen) atoms. The van der Waals surface area contributed by atoms with Gasteiger partial charge in [0.2, 0.25) is 5.91 Å². The van der Waals surface area contributed by atoms with Crippen LogP contribution >= 0.6 is 11.6 Å². The standard InChI is InChI=1S/C22H19ClFNO2/c1-13-8-9-16(11-18(13)23)25-19-6-3-7-20(26)22(19)17(12-21(25)27)14-4-2-5-15(24)10-14/h2,4-5,8-11,17H,3,6-7,12H2,1H3. The van der Waals surface area contributed by atoms with Crippen LogP contribution in [0.5, 0.6) is 0 Å². The van der Waals surface area contributed by atoms with E-state index in [-0.39, 0.29) is 23.9 Å². The lowest BCUT2D eigenvalue weighted by Crippen LogP contribution is -2.40. The van der Waals surface area contributed by atoms with Gasteiger partial charge in [-0.3, -0.25) is 14.5 Å². The van der Waals surface area contributed by atoms with Crippen molar-refractivity contribution in [3.8, 4) is 0 Å². The number of anilines is 1. The lowest BCUT2D eigenvalue weighted by atomic mass is 9.77. The summed E-state index contributed by atoms with van der Waals surface area (Å²) in [6.07, 6.45) is 1.95. The number of amides is 1. The number of Topliss-reactive ketones (excluding diaryl/α,β-unsaturated/α-hetero) is 1. The normalized spacial score (nSPS) is 20.1. The lowest BCUT2D eigenvalue weighted by Gasteiger charge is -2.38. The fraction of sp³-hybridized carbons (Fsp3) is 0.273. The molecule has 0 bridgehead atoms. The average molecular weight is 384 g/mol. The summed E-state index contributed by atoms with van der Waals surface area (Å²) < 4.78 is 13.8. The molecule has 1 aliphatic carbocycles. The highest BCUT2D eigenvalue weighted by molar-refractivity contribution is 6.31. The zero-order chi connectivity index (χ0) is 19.1. The van der Waals surface area contributed by atoms with Crippen LogP contribution < -0.4 is 4.90 Å².